The second-order valence-electron chi connectivity index (χ2n) is 4.28. The van der Waals surface area contributed by atoms with Gasteiger partial charge in [0.2, 0.25) is 5.71 Å². The van der Waals surface area contributed by atoms with Crippen molar-refractivity contribution in [1.29, 1.82) is 0 Å². The van der Waals surface area contributed by atoms with Gasteiger partial charge in [0.1, 0.15) is 5.58 Å². The minimum absolute atomic E-state index is 0.0342. The summed E-state index contributed by atoms with van der Waals surface area (Å²) < 4.78 is 7.40. The van der Waals surface area contributed by atoms with Crippen LogP contribution in [-0.4, -0.2) is 4.40 Å². The lowest BCUT2D eigenvalue weighted by molar-refractivity contribution is 0.631. The number of nitrogens with zero attached hydrogens (tertiary/aromatic N) is 1. The highest BCUT2D eigenvalue weighted by Crippen LogP contribution is 2.21. The number of hydrogen-bond donors (Lipinski definition) is 0. The number of hydrogen-bond acceptors (Lipinski definition) is 2. The minimum atomic E-state index is -0.0342. The molecule has 0 atom stereocenters. The minimum Gasteiger partial charge on any atom is -0.440 e. The summed E-state index contributed by atoms with van der Waals surface area (Å²) in [5, 5.41) is 1.61. The normalized spacial score (nSPS) is 11.6. The summed E-state index contributed by atoms with van der Waals surface area (Å²) >= 11 is 0. The van der Waals surface area contributed by atoms with E-state index >= 15 is 0 Å². The van der Waals surface area contributed by atoms with Gasteiger partial charge in [0.15, 0.2) is 0 Å². The summed E-state index contributed by atoms with van der Waals surface area (Å²) in [5.74, 6) is 0. The van der Waals surface area contributed by atoms with Crippen LogP contribution in [0.25, 0.3) is 27.6 Å². The summed E-state index contributed by atoms with van der Waals surface area (Å²) in [5.41, 5.74) is 2.05. The highest BCUT2D eigenvalue weighted by Gasteiger charge is 2.10. The molecule has 0 saturated carbocycles. The Balaban J connectivity index is 2.39. The van der Waals surface area contributed by atoms with Gasteiger partial charge in [-0.3, -0.25) is 4.79 Å². The molecular formula is C15H9NO2. The van der Waals surface area contributed by atoms with Gasteiger partial charge in [-0.05, 0) is 18.2 Å². The van der Waals surface area contributed by atoms with Crippen molar-refractivity contribution in [1.82, 2.24) is 4.40 Å². The topological polar surface area (TPSA) is 34.6 Å². The lowest BCUT2D eigenvalue weighted by Gasteiger charge is -1.99. The predicted molar refractivity (Wildman–Crippen MR) is 70.9 cm³/mol. The quantitative estimate of drug-likeness (QED) is 0.469. The third-order valence-corrected chi connectivity index (χ3v) is 3.21. The molecule has 0 unspecified atom stereocenters. The summed E-state index contributed by atoms with van der Waals surface area (Å²) in [4.78, 5) is 12.5. The summed E-state index contributed by atoms with van der Waals surface area (Å²) in [6, 6.07) is 17.0. The van der Waals surface area contributed by atoms with Crippen molar-refractivity contribution < 1.29 is 4.42 Å². The van der Waals surface area contributed by atoms with Gasteiger partial charge in [-0.15, -0.1) is 0 Å². The average molecular weight is 235 g/mol. The molecule has 0 fully saturated rings. The molecule has 2 heterocycles. The summed E-state index contributed by atoms with van der Waals surface area (Å²) in [7, 11) is 0. The van der Waals surface area contributed by atoms with Gasteiger partial charge in [0.05, 0.1) is 10.9 Å². The molecule has 4 rings (SSSR count). The van der Waals surface area contributed by atoms with Crippen LogP contribution in [0.15, 0.2) is 63.8 Å². The van der Waals surface area contributed by atoms with Crippen molar-refractivity contribution in [3.05, 3.63) is 65.0 Å². The molecule has 3 nitrogen and oxygen atoms in total. The molecule has 2 aromatic heterocycles. The SMILES string of the molecule is O=c1c2ccccc2oc2cc3ccccc3n12. The van der Waals surface area contributed by atoms with E-state index < -0.39 is 0 Å². The van der Waals surface area contributed by atoms with Crippen LogP contribution in [-0.2, 0) is 0 Å². The Bertz CT molecular complexity index is 947. The van der Waals surface area contributed by atoms with Crippen molar-refractivity contribution in [2.24, 2.45) is 0 Å². The number of rotatable bonds is 0. The molecule has 0 aliphatic heterocycles. The second-order valence-corrected chi connectivity index (χ2v) is 4.28. The maximum absolute atomic E-state index is 12.5. The Morgan fingerprint density at radius 3 is 2.67 bits per heavy atom. The van der Waals surface area contributed by atoms with Crippen molar-refractivity contribution in [3.63, 3.8) is 0 Å². The van der Waals surface area contributed by atoms with Crippen molar-refractivity contribution >= 4 is 27.6 Å². The average Bonchev–Trinajstić information content (AvgIpc) is 2.77. The molecule has 0 bridgehead atoms. The second kappa shape index (κ2) is 3.23. The zero-order valence-corrected chi connectivity index (χ0v) is 9.46. The molecule has 86 valence electrons. The van der Waals surface area contributed by atoms with E-state index in [1.54, 1.807) is 10.5 Å². The maximum Gasteiger partial charge on any atom is 0.269 e. The van der Waals surface area contributed by atoms with E-state index in [1.165, 1.54) is 0 Å². The molecule has 0 N–H and O–H groups in total. The van der Waals surface area contributed by atoms with Crippen LogP contribution in [0.4, 0.5) is 0 Å². The molecular weight excluding hydrogens is 226 g/mol. The van der Waals surface area contributed by atoms with Gasteiger partial charge in [-0.2, -0.15) is 0 Å². The maximum atomic E-state index is 12.5. The number of benzene rings is 2. The first kappa shape index (κ1) is 9.48. The molecule has 0 radical (unpaired) electrons. The van der Waals surface area contributed by atoms with E-state index in [2.05, 4.69) is 0 Å². The highest BCUT2D eigenvalue weighted by atomic mass is 16.3. The van der Waals surface area contributed by atoms with Gasteiger partial charge in [0, 0.05) is 11.5 Å². The molecule has 0 aliphatic rings. The fourth-order valence-electron chi connectivity index (χ4n) is 2.38. The number of aromatic nitrogens is 1. The van der Waals surface area contributed by atoms with Crippen LogP contribution in [0.1, 0.15) is 0 Å². The van der Waals surface area contributed by atoms with Crippen LogP contribution in [0.3, 0.4) is 0 Å². The smallest absolute Gasteiger partial charge is 0.269 e. The van der Waals surface area contributed by atoms with E-state index in [0.29, 0.717) is 16.7 Å². The Labute approximate surface area is 102 Å². The zero-order chi connectivity index (χ0) is 12.1. The van der Waals surface area contributed by atoms with Gasteiger partial charge >= 0.3 is 0 Å². The Kier molecular flexibility index (Phi) is 1.70. The van der Waals surface area contributed by atoms with E-state index in [9.17, 15) is 4.79 Å². The van der Waals surface area contributed by atoms with Crippen LogP contribution in [0, 0.1) is 0 Å². The predicted octanol–water partition coefficient (Wildman–Crippen LogP) is 3.20. The molecule has 0 amide bonds. The monoisotopic (exact) mass is 235 g/mol. The van der Waals surface area contributed by atoms with Crippen LogP contribution in [0.5, 0.6) is 0 Å². The van der Waals surface area contributed by atoms with Crippen LogP contribution < -0.4 is 5.56 Å². The van der Waals surface area contributed by atoms with Crippen LogP contribution in [0.2, 0.25) is 0 Å². The van der Waals surface area contributed by atoms with Crippen molar-refractivity contribution in [3.8, 4) is 0 Å². The van der Waals surface area contributed by atoms with Gasteiger partial charge in [0.25, 0.3) is 5.56 Å². The van der Waals surface area contributed by atoms with Crippen molar-refractivity contribution in [2.45, 2.75) is 0 Å². The zero-order valence-electron chi connectivity index (χ0n) is 9.46. The fraction of sp³-hybridized carbons (Fsp3) is 0. The first-order valence-corrected chi connectivity index (χ1v) is 5.77. The van der Waals surface area contributed by atoms with Crippen molar-refractivity contribution in [2.75, 3.05) is 0 Å². The Morgan fingerprint density at radius 1 is 0.944 bits per heavy atom. The first-order chi connectivity index (χ1) is 8.84. The van der Waals surface area contributed by atoms with E-state index in [-0.39, 0.29) is 5.56 Å². The molecule has 4 aromatic rings. The molecule has 0 aliphatic carbocycles. The van der Waals surface area contributed by atoms with E-state index in [4.69, 9.17) is 4.42 Å². The third-order valence-electron chi connectivity index (χ3n) is 3.21. The molecule has 2 aromatic carbocycles. The lowest BCUT2D eigenvalue weighted by Crippen LogP contribution is -2.11. The van der Waals surface area contributed by atoms with E-state index in [0.717, 1.165) is 10.9 Å². The largest absolute Gasteiger partial charge is 0.440 e. The lowest BCUT2D eigenvalue weighted by atomic mass is 10.2. The Hall–Kier alpha value is -2.55. The molecule has 18 heavy (non-hydrogen) atoms. The van der Waals surface area contributed by atoms with Gasteiger partial charge in [-0.25, -0.2) is 4.40 Å². The molecule has 3 heteroatoms. The number of fused-ring (bicyclic) bond motifs is 4. The fourth-order valence-corrected chi connectivity index (χ4v) is 2.38. The summed E-state index contributed by atoms with van der Waals surface area (Å²) in [6.07, 6.45) is 0. The van der Waals surface area contributed by atoms with Gasteiger partial charge < -0.3 is 4.42 Å². The Morgan fingerprint density at radius 2 is 1.72 bits per heavy atom. The highest BCUT2D eigenvalue weighted by molar-refractivity contribution is 5.88. The first-order valence-electron chi connectivity index (χ1n) is 5.77. The van der Waals surface area contributed by atoms with E-state index in [1.807, 2.05) is 48.5 Å². The summed E-state index contributed by atoms with van der Waals surface area (Å²) in [6.45, 7) is 0. The molecule has 0 saturated heterocycles. The van der Waals surface area contributed by atoms with Crippen LogP contribution >= 0.6 is 0 Å². The van der Waals surface area contributed by atoms with Gasteiger partial charge in [-0.1, -0.05) is 30.3 Å². The standard InChI is InChI=1S/C15H9NO2/c17-15-11-6-2-4-8-13(11)18-14-9-10-5-1-3-7-12(10)16(14)15/h1-9H. The number of para-hydroxylation sites is 2. The molecule has 0 spiro atoms. The third kappa shape index (κ3) is 1.10.